The van der Waals surface area contributed by atoms with E-state index in [0.29, 0.717) is 27.4 Å². The van der Waals surface area contributed by atoms with Crippen molar-refractivity contribution in [3.8, 4) is 17.3 Å². The zero-order valence-electron chi connectivity index (χ0n) is 17.1. The van der Waals surface area contributed by atoms with Crippen LogP contribution in [0.25, 0.3) is 27.8 Å². The molecule has 2 aromatic carbocycles. The van der Waals surface area contributed by atoms with Crippen LogP contribution in [0.1, 0.15) is 21.7 Å². The molecule has 0 saturated carbocycles. The molecule has 0 saturated heterocycles. The van der Waals surface area contributed by atoms with Gasteiger partial charge in [0.15, 0.2) is 0 Å². The average Bonchev–Trinajstić information content (AvgIpc) is 3.19. The number of thiazole rings is 1. The van der Waals surface area contributed by atoms with Gasteiger partial charge in [-0.1, -0.05) is 33.6 Å². The molecule has 0 spiro atoms. The lowest BCUT2D eigenvalue weighted by atomic mass is 10.1. The Morgan fingerprint density at radius 1 is 1.19 bits per heavy atom. The summed E-state index contributed by atoms with van der Waals surface area (Å²) in [6, 6.07) is 13.6. The Balaban J connectivity index is 1.68. The van der Waals surface area contributed by atoms with Gasteiger partial charge in [-0.25, -0.2) is 9.78 Å². The van der Waals surface area contributed by atoms with E-state index >= 15 is 0 Å². The van der Waals surface area contributed by atoms with Crippen molar-refractivity contribution in [1.29, 1.82) is 5.26 Å². The first-order valence-corrected chi connectivity index (χ1v) is 11.2. The number of rotatable bonds is 4. The molecule has 0 atom stereocenters. The molecule has 0 amide bonds. The third kappa shape index (κ3) is 4.31. The van der Waals surface area contributed by atoms with Crippen molar-refractivity contribution in [1.82, 2.24) is 4.98 Å². The van der Waals surface area contributed by atoms with E-state index in [2.05, 4.69) is 51.4 Å². The van der Waals surface area contributed by atoms with Crippen LogP contribution in [-0.2, 0) is 0 Å². The van der Waals surface area contributed by atoms with Crippen LogP contribution >= 0.6 is 27.3 Å². The maximum Gasteiger partial charge on any atom is 0.345 e. The first kappa shape index (κ1) is 21.0. The van der Waals surface area contributed by atoms with E-state index in [1.54, 1.807) is 23.7 Å². The van der Waals surface area contributed by atoms with Crippen LogP contribution in [0.15, 0.2) is 61.7 Å². The standard InChI is InChI=1S/C24H18BrN3O2S/c1-13-6-14(2)22(15(3)7-13)27-11-17(10-26)23-28-20(12-31-23)19-9-16-8-18(25)4-5-21(16)30-24(19)29/h4-9,11-12,27H,1-3H3. The fourth-order valence-electron chi connectivity index (χ4n) is 3.49. The number of hydrogen-bond acceptors (Lipinski definition) is 6. The Morgan fingerprint density at radius 3 is 2.65 bits per heavy atom. The number of aryl methyl sites for hydroxylation is 3. The highest BCUT2D eigenvalue weighted by Crippen LogP contribution is 2.28. The van der Waals surface area contributed by atoms with Crippen LogP contribution < -0.4 is 10.9 Å². The van der Waals surface area contributed by atoms with Crippen LogP contribution in [0.3, 0.4) is 0 Å². The van der Waals surface area contributed by atoms with E-state index in [4.69, 9.17) is 4.42 Å². The fraction of sp³-hybridized carbons (Fsp3) is 0.125. The molecule has 1 N–H and O–H groups in total. The van der Waals surface area contributed by atoms with Gasteiger partial charge < -0.3 is 9.73 Å². The lowest BCUT2D eigenvalue weighted by Crippen LogP contribution is -2.03. The number of benzene rings is 2. The molecule has 0 radical (unpaired) electrons. The molecule has 4 rings (SSSR count). The minimum atomic E-state index is -0.460. The molecule has 154 valence electrons. The maximum absolute atomic E-state index is 12.5. The molecule has 0 unspecified atom stereocenters. The number of fused-ring (bicyclic) bond motifs is 1. The number of allylic oxidation sites excluding steroid dienone is 1. The van der Waals surface area contributed by atoms with Gasteiger partial charge in [-0.2, -0.15) is 5.26 Å². The van der Waals surface area contributed by atoms with Crippen LogP contribution in [-0.4, -0.2) is 4.98 Å². The third-order valence-electron chi connectivity index (χ3n) is 4.86. The van der Waals surface area contributed by atoms with Crippen LogP contribution in [0.2, 0.25) is 0 Å². The van der Waals surface area contributed by atoms with Gasteiger partial charge >= 0.3 is 5.63 Å². The molecule has 0 aliphatic carbocycles. The minimum Gasteiger partial charge on any atom is -0.422 e. The quantitative estimate of drug-likeness (QED) is 0.257. The second-order valence-corrected chi connectivity index (χ2v) is 9.03. The molecule has 0 aliphatic rings. The number of halogens is 1. The number of anilines is 1. The molecule has 0 aliphatic heterocycles. The van der Waals surface area contributed by atoms with Crippen molar-refractivity contribution < 1.29 is 4.42 Å². The summed E-state index contributed by atoms with van der Waals surface area (Å²) in [7, 11) is 0. The summed E-state index contributed by atoms with van der Waals surface area (Å²) < 4.78 is 6.33. The molecular formula is C24H18BrN3O2S. The Kier molecular flexibility index (Phi) is 5.77. The Hall–Kier alpha value is -3.21. The highest BCUT2D eigenvalue weighted by Gasteiger charge is 2.14. The summed E-state index contributed by atoms with van der Waals surface area (Å²) in [4.78, 5) is 17.0. The van der Waals surface area contributed by atoms with E-state index in [0.717, 1.165) is 26.7 Å². The highest BCUT2D eigenvalue weighted by atomic mass is 79.9. The van der Waals surface area contributed by atoms with Crippen molar-refractivity contribution in [2.24, 2.45) is 0 Å². The molecule has 0 fully saturated rings. The summed E-state index contributed by atoms with van der Waals surface area (Å²) in [5.74, 6) is 0. The lowest BCUT2D eigenvalue weighted by Gasteiger charge is -2.11. The Bertz CT molecular complexity index is 1420. The van der Waals surface area contributed by atoms with E-state index in [1.807, 2.05) is 26.0 Å². The van der Waals surface area contributed by atoms with Crippen molar-refractivity contribution in [3.63, 3.8) is 0 Å². The van der Waals surface area contributed by atoms with Gasteiger partial charge in [0.25, 0.3) is 0 Å². The van der Waals surface area contributed by atoms with E-state index in [9.17, 15) is 10.1 Å². The first-order valence-electron chi connectivity index (χ1n) is 9.50. The third-order valence-corrected chi connectivity index (χ3v) is 6.23. The molecule has 31 heavy (non-hydrogen) atoms. The zero-order valence-corrected chi connectivity index (χ0v) is 19.5. The van der Waals surface area contributed by atoms with E-state index in [-0.39, 0.29) is 0 Å². The first-order chi connectivity index (χ1) is 14.9. The second-order valence-electron chi connectivity index (χ2n) is 7.26. The molecule has 4 aromatic rings. The number of aromatic nitrogens is 1. The molecular weight excluding hydrogens is 474 g/mol. The number of nitriles is 1. The van der Waals surface area contributed by atoms with Gasteiger partial charge in [-0.15, -0.1) is 11.3 Å². The molecule has 5 nitrogen and oxygen atoms in total. The van der Waals surface area contributed by atoms with Crippen molar-refractivity contribution >= 4 is 49.5 Å². The van der Waals surface area contributed by atoms with Gasteiger partial charge in [-0.3, -0.25) is 0 Å². The summed E-state index contributed by atoms with van der Waals surface area (Å²) in [5.41, 5.74) is 5.66. The van der Waals surface area contributed by atoms with E-state index < -0.39 is 5.63 Å². The summed E-state index contributed by atoms with van der Waals surface area (Å²) >= 11 is 4.74. The zero-order chi connectivity index (χ0) is 22.1. The van der Waals surface area contributed by atoms with Crippen LogP contribution in [0, 0.1) is 32.1 Å². The van der Waals surface area contributed by atoms with E-state index in [1.165, 1.54) is 16.9 Å². The minimum absolute atomic E-state index is 0.364. The summed E-state index contributed by atoms with van der Waals surface area (Å²) in [6.07, 6.45) is 1.66. The maximum atomic E-state index is 12.5. The molecule has 0 bridgehead atoms. The molecule has 2 heterocycles. The van der Waals surface area contributed by atoms with Crippen molar-refractivity contribution in [3.05, 3.63) is 84.6 Å². The smallest absolute Gasteiger partial charge is 0.345 e. The highest BCUT2D eigenvalue weighted by molar-refractivity contribution is 9.10. The van der Waals surface area contributed by atoms with Crippen molar-refractivity contribution in [2.45, 2.75) is 20.8 Å². The lowest BCUT2D eigenvalue weighted by molar-refractivity contribution is 0.563. The van der Waals surface area contributed by atoms with Gasteiger partial charge in [0.2, 0.25) is 0 Å². The van der Waals surface area contributed by atoms with Crippen LogP contribution in [0.5, 0.6) is 0 Å². The van der Waals surface area contributed by atoms with Gasteiger partial charge in [0, 0.05) is 27.1 Å². The number of hydrogen-bond donors (Lipinski definition) is 1. The molecule has 7 heteroatoms. The fourth-order valence-corrected chi connectivity index (χ4v) is 4.65. The second kappa shape index (κ2) is 8.50. The largest absolute Gasteiger partial charge is 0.422 e. The Labute approximate surface area is 191 Å². The van der Waals surface area contributed by atoms with Gasteiger partial charge in [0.1, 0.15) is 22.2 Å². The topological polar surface area (TPSA) is 78.9 Å². The number of nitrogens with zero attached hydrogens (tertiary/aromatic N) is 2. The number of nitrogens with one attached hydrogen (secondary N) is 1. The molecule has 2 aromatic heterocycles. The predicted molar refractivity (Wildman–Crippen MR) is 129 cm³/mol. The van der Waals surface area contributed by atoms with Crippen molar-refractivity contribution in [2.75, 3.05) is 5.32 Å². The summed E-state index contributed by atoms with van der Waals surface area (Å²) in [6.45, 7) is 6.11. The van der Waals surface area contributed by atoms with Gasteiger partial charge in [-0.05, 0) is 56.2 Å². The van der Waals surface area contributed by atoms with Crippen LogP contribution in [0.4, 0.5) is 5.69 Å². The normalized spacial score (nSPS) is 11.5. The SMILES string of the molecule is Cc1cc(C)c(NC=C(C#N)c2nc(-c3cc4cc(Br)ccc4oc3=O)cs2)c(C)c1. The van der Waals surface area contributed by atoms with Gasteiger partial charge in [0.05, 0.1) is 11.3 Å². The Morgan fingerprint density at radius 2 is 1.94 bits per heavy atom. The predicted octanol–water partition coefficient (Wildman–Crippen LogP) is 6.58. The monoisotopic (exact) mass is 491 g/mol. The summed E-state index contributed by atoms with van der Waals surface area (Å²) in [5, 5.41) is 16.0. The average molecular weight is 492 g/mol.